The number of carbonyl (C=O) groups excluding carboxylic acids is 1. The lowest BCUT2D eigenvalue weighted by Gasteiger charge is -2.14. The van der Waals surface area contributed by atoms with Crippen LogP contribution in [0.15, 0.2) is 36.4 Å². The van der Waals surface area contributed by atoms with E-state index in [4.69, 9.17) is 11.6 Å². The van der Waals surface area contributed by atoms with Gasteiger partial charge in [-0.2, -0.15) is 0 Å². The number of nitrogens with zero attached hydrogens (tertiary/aromatic N) is 2. The van der Waals surface area contributed by atoms with Crippen LogP contribution in [-0.2, 0) is 6.54 Å². The summed E-state index contributed by atoms with van der Waals surface area (Å²) in [7, 11) is 3.88. The molecular formula is C20H21ClN2O2. The van der Waals surface area contributed by atoms with Crippen LogP contribution in [0.1, 0.15) is 28.5 Å². The molecule has 0 saturated heterocycles. The molecule has 0 atom stereocenters. The second kappa shape index (κ2) is 6.54. The molecule has 130 valence electrons. The Hall–Kier alpha value is -2.30. The fourth-order valence-electron chi connectivity index (χ4n) is 3.39. The Morgan fingerprint density at radius 1 is 1.16 bits per heavy atom. The molecule has 0 radical (unpaired) electrons. The molecule has 2 aromatic carbocycles. The summed E-state index contributed by atoms with van der Waals surface area (Å²) in [5.74, 6) is 0.192. The van der Waals surface area contributed by atoms with E-state index in [0.29, 0.717) is 17.1 Å². The topological polar surface area (TPSA) is 45.5 Å². The zero-order chi connectivity index (χ0) is 18.3. The van der Waals surface area contributed by atoms with Crippen LogP contribution in [-0.4, -0.2) is 34.5 Å². The zero-order valence-corrected chi connectivity index (χ0v) is 15.6. The molecule has 0 fully saturated rings. The predicted molar refractivity (Wildman–Crippen MR) is 102 cm³/mol. The van der Waals surface area contributed by atoms with Gasteiger partial charge in [0.25, 0.3) is 0 Å². The van der Waals surface area contributed by atoms with Crippen molar-refractivity contribution in [2.24, 2.45) is 0 Å². The number of benzene rings is 2. The number of phenols is 1. The van der Waals surface area contributed by atoms with Crippen molar-refractivity contribution in [1.29, 1.82) is 0 Å². The second-order valence-electron chi connectivity index (χ2n) is 6.52. The first kappa shape index (κ1) is 17.5. The average molecular weight is 357 g/mol. The summed E-state index contributed by atoms with van der Waals surface area (Å²) >= 11 is 6.01. The molecule has 0 spiro atoms. The van der Waals surface area contributed by atoms with E-state index in [-0.39, 0.29) is 11.5 Å². The van der Waals surface area contributed by atoms with Crippen molar-refractivity contribution in [3.05, 3.63) is 58.2 Å². The quantitative estimate of drug-likeness (QED) is 0.697. The molecule has 5 heteroatoms. The number of Topliss-reactive ketones (excluding diaryl/α,β-unsaturated/α-hetero) is 1. The highest BCUT2D eigenvalue weighted by atomic mass is 35.5. The van der Waals surface area contributed by atoms with Gasteiger partial charge in [-0.05, 0) is 64.3 Å². The number of fused-ring (bicyclic) bond motifs is 1. The van der Waals surface area contributed by atoms with Crippen molar-refractivity contribution in [3.8, 4) is 11.4 Å². The maximum Gasteiger partial charge on any atom is 0.162 e. The van der Waals surface area contributed by atoms with E-state index in [2.05, 4.69) is 0 Å². The standard InChI is InChI=1S/C20H21ClN2O2/c1-12-19(13(2)24)20-16(11-22(3)4)18(25)10-9-17(20)23(12)15-7-5-14(21)6-8-15/h5-10,25H,11H2,1-4H3. The van der Waals surface area contributed by atoms with E-state index in [0.717, 1.165) is 27.8 Å². The van der Waals surface area contributed by atoms with Crippen LogP contribution in [0.4, 0.5) is 0 Å². The minimum atomic E-state index is -0.0131. The Morgan fingerprint density at radius 2 is 1.80 bits per heavy atom. The van der Waals surface area contributed by atoms with Crippen LogP contribution in [0.25, 0.3) is 16.6 Å². The van der Waals surface area contributed by atoms with Gasteiger partial charge in [-0.3, -0.25) is 4.79 Å². The van der Waals surface area contributed by atoms with Crippen molar-refractivity contribution in [2.45, 2.75) is 20.4 Å². The number of hydrogen-bond donors (Lipinski definition) is 1. The van der Waals surface area contributed by atoms with E-state index >= 15 is 0 Å². The van der Waals surface area contributed by atoms with Crippen molar-refractivity contribution < 1.29 is 9.90 Å². The molecule has 4 nitrogen and oxygen atoms in total. The number of phenolic OH excluding ortho intramolecular Hbond substituents is 1. The third kappa shape index (κ3) is 3.03. The number of ketones is 1. The maximum atomic E-state index is 12.4. The van der Waals surface area contributed by atoms with Crippen LogP contribution in [0.3, 0.4) is 0 Å². The smallest absolute Gasteiger partial charge is 0.162 e. The van der Waals surface area contributed by atoms with Gasteiger partial charge in [-0.25, -0.2) is 0 Å². The highest BCUT2D eigenvalue weighted by Crippen LogP contribution is 2.36. The number of rotatable bonds is 4. The number of halogens is 1. The zero-order valence-electron chi connectivity index (χ0n) is 14.8. The van der Waals surface area contributed by atoms with E-state index in [1.807, 2.05) is 60.8 Å². The third-order valence-corrected chi connectivity index (χ3v) is 4.62. The van der Waals surface area contributed by atoms with E-state index in [9.17, 15) is 9.90 Å². The molecule has 0 bridgehead atoms. The monoisotopic (exact) mass is 356 g/mol. The number of hydrogen-bond acceptors (Lipinski definition) is 3. The Balaban J connectivity index is 2.42. The van der Waals surface area contributed by atoms with Gasteiger partial charge in [0.15, 0.2) is 5.78 Å². The number of aromatic nitrogens is 1. The molecule has 25 heavy (non-hydrogen) atoms. The molecule has 1 heterocycles. The molecule has 1 N–H and O–H groups in total. The highest BCUT2D eigenvalue weighted by Gasteiger charge is 2.22. The first-order valence-electron chi connectivity index (χ1n) is 8.08. The first-order valence-corrected chi connectivity index (χ1v) is 8.46. The molecule has 0 saturated carbocycles. The lowest BCUT2D eigenvalue weighted by molar-refractivity contribution is 0.101. The second-order valence-corrected chi connectivity index (χ2v) is 6.96. The van der Waals surface area contributed by atoms with Gasteiger partial charge >= 0.3 is 0 Å². The normalized spacial score (nSPS) is 11.4. The highest BCUT2D eigenvalue weighted by molar-refractivity contribution is 6.30. The summed E-state index contributed by atoms with van der Waals surface area (Å²) in [6.45, 7) is 4.05. The van der Waals surface area contributed by atoms with Crippen LogP contribution in [0, 0.1) is 6.92 Å². The van der Waals surface area contributed by atoms with E-state index in [1.165, 1.54) is 0 Å². The SMILES string of the molecule is CC(=O)c1c(C)n(-c2ccc(Cl)cc2)c2ccc(O)c(CN(C)C)c12. The van der Waals surface area contributed by atoms with Gasteiger partial charge < -0.3 is 14.6 Å². The van der Waals surface area contributed by atoms with Gasteiger partial charge in [-0.1, -0.05) is 11.6 Å². The Kier molecular flexibility index (Phi) is 4.58. The Labute approximate surface area is 152 Å². The summed E-state index contributed by atoms with van der Waals surface area (Å²) in [5, 5.41) is 11.9. The maximum absolute atomic E-state index is 12.4. The average Bonchev–Trinajstić information content (AvgIpc) is 2.83. The van der Waals surface area contributed by atoms with Crippen molar-refractivity contribution in [1.82, 2.24) is 9.47 Å². The largest absolute Gasteiger partial charge is 0.508 e. The van der Waals surface area contributed by atoms with E-state index < -0.39 is 0 Å². The fourth-order valence-corrected chi connectivity index (χ4v) is 3.52. The minimum absolute atomic E-state index is 0.0131. The predicted octanol–water partition coefficient (Wildman–Crippen LogP) is 4.56. The minimum Gasteiger partial charge on any atom is -0.508 e. The van der Waals surface area contributed by atoms with Gasteiger partial charge in [0.2, 0.25) is 0 Å². The van der Waals surface area contributed by atoms with Gasteiger partial charge in [0.1, 0.15) is 5.75 Å². The van der Waals surface area contributed by atoms with Crippen LogP contribution in [0.2, 0.25) is 5.02 Å². The molecule has 3 aromatic rings. The van der Waals surface area contributed by atoms with Gasteiger partial charge in [0.05, 0.1) is 5.52 Å². The van der Waals surface area contributed by atoms with E-state index in [1.54, 1.807) is 13.0 Å². The molecule has 0 amide bonds. The Bertz CT molecular complexity index is 956. The molecule has 0 aliphatic heterocycles. The summed E-state index contributed by atoms with van der Waals surface area (Å²) in [4.78, 5) is 14.4. The fraction of sp³-hybridized carbons (Fsp3) is 0.250. The summed E-state index contributed by atoms with van der Waals surface area (Å²) < 4.78 is 2.04. The van der Waals surface area contributed by atoms with Crippen LogP contribution < -0.4 is 0 Å². The van der Waals surface area contributed by atoms with Gasteiger partial charge in [-0.15, -0.1) is 0 Å². The third-order valence-electron chi connectivity index (χ3n) is 4.37. The molecule has 1 aromatic heterocycles. The summed E-state index contributed by atoms with van der Waals surface area (Å²) in [6, 6.07) is 11.1. The molecule has 0 unspecified atom stereocenters. The van der Waals surface area contributed by atoms with Crippen molar-refractivity contribution >= 4 is 28.3 Å². The van der Waals surface area contributed by atoms with Crippen molar-refractivity contribution in [3.63, 3.8) is 0 Å². The van der Waals surface area contributed by atoms with Crippen LogP contribution >= 0.6 is 11.6 Å². The lowest BCUT2D eigenvalue weighted by Crippen LogP contribution is -2.11. The van der Waals surface area contributed by atoms with Crippen molar-refractivity contribution in [2.75, 3.05) is 14.1 Å². The van der Waals surface area contributed by atoms with Gasteiger partial charge in [0, 0.05) is 39.5 Å². The number of aromatic hydroxyl groups is 1. The van der Waals surface area contributed by atoms with Crippen LogP contribution in [0.5, 0.6) is 5.75 Å². The summed E-state index contributed by atoms with van der Waals surface area (Å²) in [6.07, 6.45) is 0. The molecule has 0 aliphatic carbocycles. The first-order chi connectivity index (χ1) is 11.8. The molecular weight excluding hydrogens is 336 g/mol. The summed E-state index contributed by atoms with van der Waals surface area (Å²) in [5.41, 5.74) is 4.11. The number of carbonyl (C=O) groups is 1. The molecule has 3 rings (SSSR count). The molecule has 0 aliphatic rings. The lowest BCUT2D eigenvalue weighted by atomic mass is 10.0. The Morgan fingerprint density at radius 3 is 2.36 bits per heavy atom.